The Bertz CT molecular complexity index is 1600. The number of para-hydroxylation sites is 1. The van der Waals surface area contributed by atoms with Gasteiger partial charge in [0.1, 0.15) is 10.1 Å². The largest absolute Gasteiger partial charge is 0.545 e. The number of aromatic nitrogens is 3. The highest BCUT2D eigenvalue weighted by Gasteiger charge is 2.41. The molecule has 4 rings (SSSR count). The van der Waals surface area contributed by atoms with Crippen LogP contribution in [0.25, 0.3) is 21.1 Å². The number of fused-ring (bicyclic) bond motifs is 2. The maximum Gasteiger partial charge on any atom is 0.334 e. The molecule has 3 heterocycles. The van der Waals surface area contributed by atoms with E-state index in [-0.39, 0.29) is 16.9 Å². The number of thiophene rings is 1. The van der Waals surface area contributed by atoms with E-state index in [4.69, 9.17) is 0 Å². The van der Waals surface area contributed by atoms with Crippen LogP contribution >= 0.6 is 10.5 Å². The predicted molar refractivity (Wildman–Crippen MR) is 139 cm³/mol. The summed E-state index contributed by atoms with van der Waals surface area (Å²) in [6, 6.07) is 9.72. The van der Waals surface area contributed by atoms with Crippen molar-refractivity contribution in [3.05, 3.63) is 72.9 Å². The summed E-state index contributed by atoms with van der Waals surface area (Å²) in [5, 5.41) is 13.7. The van der Waals surface area contributed by atoms with E-state index in [1.807, 2.05) is 71.9 Å². The van der Waals surface area contributed by atoms with Crippen molar-refractivity contribution in [2.75, 3.05) is 0 Å². The molecular formula is C27H31N3O4S. The normalized spacial score (nSPS) is 12.7. The highest BCUT2D eigenvalue weighted by molar-refractivity contribution is 7.39. The molecule has 0 radical (unpaired) electrons. The van der Waals surface area contributed by atoms with Gasteiger partial charge in [0.15, 0.2) is 4.88 Å². The molecule has 3 aromatic heterocycles. The third kappa shape index (κ3) is 4.20. The smallest absolute Gasteiger partial charge is 0.334 e. The van der Waals surface area contributed by atoms with Gasteiger partial charge in [-0.25, -0.2) is 9.36 Å². The Labute approximate surface area is 206 Å². The molecule has 0 aliphatic carbocycles. The summed E-state index contributed by atoms with van der Waals surface area (Å²) in [5.74, 6) is -1.26. The van der Waals surface area contributed by atoms with Crippen molar-refractivity contribution in [3.63, 3.8) is 0 Å². The Morgan fingerprint density at radius 1 is 1.17 bits per heavy atom. The van der Waals surface area contributed by atoms with Crippen LogP contribution in [0.15, 0.2) is 39.9 Å². The van der Waals surface area contributed by atoms with Crippen LogP contribution in [0.1, 0.15) is 61.1 Å². The van der Waals surface area contributed by atoms with Crippen LogP contribution in [0.5, 0.6) is 0 Å². The molecule has 4 aromatic rings. The van der Waals surface area contributed by atoms with E-state index < -0.39 is 32.4 Å². The van der Waals surface area contributed by atoms with E-state index in [1.165, 1.54) is 7.05 Å². The third-order valence-electron chi connectivity index (χ3n) is 6.11. The molecule has 0 amide bonds. The second-order valence-electron chi connectivity index (χ2n) is 10.5. The lowest BCUT2D eigenvalue weighted by Gasteiger charge is -2.16. The van der Waals surface area contributed by atoms with Crippen LogP contribution in [0.3, 0.4) is 0 Å². The van der Waals surface area contributed by atoms with Gasteiger partial charge in [0.25, 0.3) is 10.4 Å². The molecule has 0 saturated carbocycles. The Balaban J connectivity index is 2.21. The van der Waals surface area contributed by atoms with Crippen molar-refractivity contribution in [2.24, 2.45) is 13.0 Å². The van der Waals surface area contributed by atoms with Gasteiger partial charge in [-0.05, 0) is 51.3 Å². The van der Waals surface area contributed by atoms with Gasteiger partial charge in [-0.3, -0.25) is 14.3 Å². The Morgan fingerprint density at radius 2 is 1.83 bits per heavy atom. The van der Waals surface area contributed by atoms with Crippen LogP contribution in [-0.4, -0.2) is 20.1 Å². The molecule has 0 fully saturated rings. The summed E-state index contributed by atoms with van der Waals surface area (Å²) in [4.78, 5) is 45.0. The molecule has 0 spiro atoms. The van der Waals surface area contributed by atoms with Crippen LogP contribution in [0.2, 0.25) is 0 Å². The number of aryl methyl sites for hydroxylation is 1. The molecule has 0 aliphatic rings. The zero-order valence-corrected chi connectivity index (χ0v) is 22.1. The number of aromatic carboxylic acids is 1. The number of carboxylic acids is 1. The summed E-state index contributed by atoms with van der Waals surface area (Å²) in [6.07, 6.45) is 0.321. The molecule has 0 aliphatic heterocycles. The number of carbonyl (C=O) groups is 1. The van der Waals surface area contributed by atoms with E-state index in [2.05, 4.69) is 4.98 Å². The first-order valence-corrected chi connectivity index (χ1v) is 12.9. The van der Waals surface area contributed by atoms with Crippen molar-refractivity contribution in [2.45, 2.75) is 59.3 Å². The molecule has 1 atom stereocenters. The van der Waals surface area contributed by atoms with Crippen molar-refractivity contribution in [1.82, 2.24) is 14.1 Å². The lowest BCUT2D eigenvalue weighted by atomic mass is 10.0. The van der Waals surface area contributed by atoms with E-state index in [0.717, 1.165) is 26.7 Å². The number of benzene rings is 1. The molecule has 1 aromatic carbocycles. The molecule has 0 N–H and O–H groups in total. The fourth-order valence-electron chi connectivity index (χ4n) is 4.81. The monoisotopic (exact) mass is 493 g/mol. The number of pyridine rings is 1. The van der Waals surface area contributed by atoms with Gasteiger partial charge in [0.2, 0.25) is 0 Å². The number of carbonyl (C=O) groups excluding carboxylic acids is 1. The summed E-state index contributed by atoms with van der Waals surface area (Å²) in [7, 11) is 0.578. The van der Waals surface area contributed by atoms with Gasteiger partial charge in [-0.15, -0.1) is 0 Å². The average Bonchev–Trinajstić information content (AvgIpc) is 3.10. The maximum absolute atomic E-state index is 13.4. The topological polar surface area (TPSA) is 97.0 Å². The van der Waals surface area contributed by atoms with Gasteiger partial charge in [-0.2, -0.15) is 0 Å². The first-order valence-electron chi connectivity index (χ1n) is 11.7. The lowest BCUT2D eigenvalue weighted by Crippen LogP contribution is -2.39. The summed E-state index contributed by atoms with van der Waals surface area (Å²) in [5.41, 5.74) is 1.51. The molecular weight excluding hydrogens is 462 g/mol. The minimum atomic E-state index is -1.39. The van der Waals surface area contributed by atoms with Gasteiger partial charge < -0.3 is 9.90 Å². The second-order valence-corrected chi connectivity index (χ2v) is 13.2. The average molecular weight is 494 g/mol. The standard InChI is InChI=1S/C27H31N3O4S/c1-15(2)14-30-24-22(23(31)29(7)26(30)34)21(25(32)33)20(35(24)27(4,5)6)13-17-12-16(3)28-19-11-9-8-10-18(17)19/h8-12,15H,13-14H2,1-7H3. The Hall–Kier alpha value is -3.26. The fraction of sp³-hybridized carbons (Fsp3) is 0.407. The van der Waals surface area contributed by atoms with Crippen LogP contribution in [0.4, 0.5) is 0 Å². The Morgan fingerprint density at radius 3 is 2.43 bits per heavy atom. The van der Waals surface area contributed by atoms with Crippen LogP contribution in [-0.2, 0) is 24.8 Å². The zero-order chi connectivity index (χ0) is 25.8. The van der Waals surface area contributed by atoms with Crippen molar-refractivity contribution in [3.8, 4) is 0 Å². The molecule has 35 heavy (non-hydrogen) atoms. The number of rotatable bonds is 5. The molecule has 8 heteroatoms. The van der Waals surface area contributed by atoms with Gasteiger partial charge in [0, 0.05) is 41.6 Å². The first kappa shape index (κ1) is 24.9. The summed E-state index contributed by atoms with van der Waals surface area (Å²) >= 11 is 0. The molecule has 0 bridgehead atoms. The fourth-order valence-corrected chi connectivity index (χ4v) is 7.82. The number of hydrogen-bond donors (Lipinski definition) is 0. The van der Waals surface area contributed by atoms with Crippen molar-refractivity contribution < 1.29 is 9.90 Å². The van der Waals surface area contributed by atoms with E-state index >= 15 is 0 Å². The quantitative estimate of drug-likeness (QED) is 0.395. The van der Waals surface area contributed by atoms with Crippen LogP contribution < -0.4 is 16.4 Å². The van der Waals surface area contributed by atoms with Crippen molar-refractivity contribution in [1.29, 1.82) is 0 Å². The van der Waals surface area contributed by atoms with Crippen LogP contribution in [0, 0.1) is 12.8 Å². The number of carboxylic acid groups (broad SMARTS) is 1. The minimum Gasteiger partial charge on any atom is -0.545 e. The van der Waals surface area contributed by atoms with Gasteiger partial charge in [-0.1, -0.05) is 32.0 Å². The van der Waals surface area contributed by atoms with E-state index in [9.17, 15) is 19.5 Å². The molecule has 7 nitrogen and oxygen atoms in total. The highest BCUT2D eigenvalue weighted by atomic mass is 32.2. The zero-order valence-electron chi connectivity index (χ0n) is 21.3. The predicted octanol–water partition coefficient (Wildman–Crippen LogP) is 3.67. The highest BCUT2D eigenvalue weighted by Crippen LogP contribution is 2.49. The molecule has 1 unspecified atom stereocenters. The minimum absolute atomic E-state index is 0.0742. The van der Waals surface area contributed by atoms with E-state index in [0.29, 0.717) is 22.7 Å². The number of nitrogens with zero attached hydrogens (tertiary/aromatic N) is 3. The van der Waals surface area contributed by atoms with Gasteiger partial charge in [0.05, 0.1) is 17.0 Å². The third-order valence-corrected chi connectivity index (χ3v) is 8.99. The Kier molecular flexibility index (Phi) is 6.21. The SMILES string of the molecule is Cc1cc(Cc2c(C(=O)[O-])c3c(=O)n(C)c(=O)n(CC(C)C)c3[s+]2C(C)(C)C)c2ccccc2n1. The summed E-state index contributed by atoms with van der Waals surface area (Å²) in [6.45, 7) is 12.4. The molecule has 0 saturated heterocycles. The van der Waals surface area contributed by atoms with E-state index in [1.54, 1.807) is 4.57 Å². The second kappa shape index (κ2) is 8.75. The maximum atomic E-state index is 13.4. The number of hydrogen-bond acceptors (Lipinski definition) is 5. The summed E-state index contributed by atoms with van der Waals surface area (Å²) < 4.78 is 2.20. The van der Waals surface area contributed by atoms with Crippen molar-refractivity contribution >= 4 is 37.6 Å². The lowest BCUT2D eigenvalue weighted by molar-refractivity contribution is -0.254. The molecule has 184 valence electrons. The van der Waals surface area contributed by atoms with Gasteiger partial charge >= 0.3 is 5.69 Å². The first-order chi connectivity index (χ1) is 16.3.